The van der Waals surface area contributed by atoms with E-state index in [0.29, 0.717) is 18.3 Å². The molecular weight excluding hydrogens is 661 g/mol. The highest BCUT2D eigenvalue weighted by molar-refractivity contribution is 7.80. The predicted octanol–water partition coefficient (Wildman–Crippen LogP) is 13.0. The van der Waals surface area contributed by atoms with Crippen molar-refractivity contribution >= 4 is 38.0 Å². The lowest BCUT2D eigenvalue weighted by Crippen LogP contribution is -2.12. The molecule has 3 atom stereocenters. The van der Waals surface area contributed by atoms with E-state index in [1.807, 2.05) is 37.3 Å². The van der Waals surface area contributed by atoms with E-state index in [4.69, 9.17) is 4.18 Å². The van der Waals surface area contributed by atoms with E-state index in [2.05, 4.69) is 130 Å². The Morgan fingerprint density at radius 2 is 1.15 bits per heavy atom. The number of benzene rings is 6. The molecule has 0 bridgehead atoms. The maximum atomic E-state index is 11.2. The fourth-order valence-electron chi connectivity index (χ4n) is 6.90. The Morgan fingerprint density at radius 1 is 0.635 bits per heavy atom. The fourth-order valence-corrected chi connectivity index (χ4v) is 7.40. The van der Waals surface area contributed by atoms with Crippen LogP contribution in [-0.4, -0.2) is 13.0 Å². The maximum absolute atomic E-state index is 11.2. The molecule has 0 aromatic heterocycles. The van der Waals surface area contributed by atoms with Gasteiger partial charge >= 0.3 is 0 Å². The summed E-state index contributed by atoms with van der Waals surface area (Å²) in [6.07, 6.45) is 8.17. The third-order valence-electron chi connectivity index (χ3n) is 9.58. The molecule has 272 valence electrons. The lowest BCUT2D eigenvalue weighted by Gasteiger charge is -2.21. The Labute approximate surface area is 312 Å². The van der Waals surface area contributed by atoms with Crippen LogP contribution in [0.4, 0.5) is 0 Å². The number of fused-ring (bicyclic) bond motifs is 2. The number of aryl methyl sites for hydroxylation is 2. The van der Waals surface area contributed by atoms with Crippen molar-refractivity contribution in [2.24, 2.45) is 0 Å². The largest absolute Gasteiger partial charge is 0.726 e. The molecule has 0 amide bonds. The summed E-state index contributed by atoms with van der Waals surface area (Å²) in [5.41, 5.74) is 7.07. The highest BCUT2D eigenvalue weighted by Gasteiger charge is 2.17. The standard InChI is InChI=1S/C23H26O4S.C23H24.CH4/c1-17-8-5-12-20(16-17)23(27-28(24,25)26)15-6-9-18(2)21-14-7-11-19-10-3-4-13-22(19)21;1-18-9-7-12-20(17-18)11-4-3-10-19(2)22-16-8-14-21-13-5-6-15-23(21)22;/h3-5,7-8,10-14,16,18,23H,6,9,15H2,1-2H3,(H,24,25,26);4-9,11-17,19H,3,10H2,1-2H3;1H4/p-1/b;11-4+;/t18-,23?;19-;/m00./s1. The van der Waals surface area contributed by atoms with Crippen LogP contribution in [0.25, 0.3) is 27.6 Å². The van der Waals surface area contributed by atoms with Gasteiger partial charge in [0.1, 0.15) is 6.10 Å². The van der Waals surface area contributed by atoms with Gasteiger partial charge in [-0.1, -0.05) is 178 Å². The normalized spacial score (nSPS) is 13.2. The quantitative estimate of drug-likeness (QED) is 0.0882. The van der Waals surface area contributed by atoms with Gasteiger partial charge in [0.25, 0.3) is 0 Å². The van der Waals surface area contributed by atoms with E-state index in [-0.39, 0.29) is 7.43 Å². The van der Waals surface area contributed by atoms with Crippen LogP contribution >= 0.6 is 0 Å². The molecule has 1 unspecified atom stereocenters. The molecule has 6 rings (SSSR count). The monoisotopic (exact) mass is 713 g/mol. The molecule has 6 aromatic rings. The van der Waals surface area contributed by atoms with E-state index in [9.17, 15) is 13.0 Å². The van der Waals surface area contributed by atoms with Crippen molar-refractivity contribution in [1.29, 1.82) is 0 Å². The summed E-state index contributed by atoms with van der Waals surface area (Å²) < 4.78 is 38.4. The summed E-state index contributed by atoms with van der Waals surface area (Å²) >= 11 is 0. The molecule has 6 aromatic carbocycles. The van der Waals surface area contributed by atoms with Gasteiger partial charge < -0.3 is 4.55 Å². The molecule has 0 saturated heterocycles. The molecule has 4 nitrogen and oxygen atoms in total. The van der Waals surface area contributed by atoms with Crippen molar-refractivity contribution in [2.45, 2.75) is 85.2 Å². The van der Waals surface area contributed by atoms with Crippen molar-refractivity contribution in [2.75, 3.05) is 0 Å². The summed E-state index contributed by atoms with van der Waals surface area (Å²) in [6.45, 7) is 8.58. The average molecular weight is 714 g/mol. The number of rotatable bonds is 13. The van der Waals surface area contributed by atoms with E-state index in [0.717, 1.165) is 30.4 Å². The zero-order valence-electron chi connectivity index (χ0n) is 30.2. The summed E-state index contributed by atoms with van der Waals surface area (Å²) in [6, 6.07) is 46.0. The van der Waals surface area contributed by atoms with Crippen molar-refractivity contribution in [3.05, 3.63) is 173 Å². The Hall–Kier alpha value is -4.55. The van der Waals surface area contributed by atoms with E-state index >= 15 is 0 Å². The van der Waals surface area contributed by atoms with E-state index < -0.39 is 16.5 Å². The first kappa shape index (κ1) is 40.2. The summed E-state index contributed by atoms with van der Waals surface area (Å²) in [7, 11) is -4.77. The van der Waals surface area contributed by atoms with Gasteiger partial charge in [-0.05, 0) is 102 Å². The molecule has 52 heavy (non-hydrogen) atoms. The molecule has 0 heterocycles. The summed E-state index contributed by atoms with van der Waals surface area (Å²) in [5, 5.41) is 5.19. The fraction of sp³-hybridized carbons (Fsp3) is 0.277. The van der Waals surface area contributed by atoms with Gasteiger partial charge in [0.05, 0.1) is 0 Å². The Balaban J connectivity index is 0.000000232. The lowest BCUT2D eigenvalue weighted by atomic mass is 9.90. The molecular formula is C47H53O4S-. The predicted molar refractivity (Wildman–Crippen MR) is 219 cm³/mol. The minimum absolute atomic E-state index is 0. The lowest BCUT2D eigenvalue weighted by molar-refractivity contribution is 0.167. The Bertz CT molecular complexity index is 2160. The van der Waals surface area contributed by atoms with E-state index in [1.54, 1.807) is 6.07 Å². The molecule has 0 radical (unpaired) electrons. The second-order valence-corrected chi connectivity index (χ2v) is 14.7. The minimum atomic E-state index is -4.77. The SMILES string of the molecule is C.Cc1cccc(/C=C/CC[C@H](C)c2cccc3ccccc23)c1.Cc1cccc(C(CCC[C@H](C)c2cccc3ccccc23)OS(=O)(=O)[O-])c1. The molecule has 0 aliphatic carbocycles. The second-order valence-electron chi connectivity index (χ2n) is 13.7. The molecule has 0 aliphatic rings. The molecule has 5 heteroatoms. The number of hydrogen-bond acceptors (Lipinski definition) is 4. The Kier molecular flexibility index (Phi) is 15.0. The molecule has 0 aliphatic heterocycles. The van der Waals surface area contributed by atoms with Gasteiger partial charge in [-0.25, -0.2) is 8.42 Å². The van der Waals surface area contributed by atoms with Gasteiger partial charge in [-0.15, -0.1) is 0 Å². The molecule has 0 fully saturated rings. The van der Waals surface area contributed by atoms with Gasteiger partial charge in [0.15, 0.2) is 0 Å². The molecule has 0 saturated carbocycles. The highest BCUT2D eigenvalue weighted by Crippen LogP contribution is 2.32. The van der Waals surface area contributed by atoms with Crippen molar-refractivity contribution in [1.82, 2.24) is 0 Å². The third-order valence-corrected chi connectivity index (χ3v) is 10.0. The van der Waals surface area contributed by atoms with Crippen molar-refractivity contribution in [3.8, 4) is 0 Å². The van der Waals surface area contributed by atoms with Gasteiger partial charge in [0.2, 0.25) is 10.4 Å². The Morgan fingerprint density at radius 3 is 1.73 bits per heavy atom. The van der Waals surface area contributed by atoms with Crippen LogP contribution in [0.1, 0.15) is 105 Å². The second kappa shape index (κ2) is 19.3. The van der Waals surface area contributed by atoms with Crippen LogP contribution in [-0.2, 0) is 14.6 Å². The zero-order chi connectivity index (χ0) is 36.2. The van der Waals surface area contributed by atoms with Crippen LogP contribution in [0.3, 0.4) is 0 Å². The van der Waals surface area contributed by atoms with Gasteiger partial charge in [0, 0.05) is 0 Å². The average Bonchev–Trinajstić information content (AvgIpc) is 3.12. The third kappa shape index (κ3) is 11.7. The van der Waals surface area contributed by atoms with E-state index in [1.165, 1.54) is 50.2 Å². The topological polar surface area (TPSA) is 66.4 Å². The highest BCUT2D eigenvalue weighted by atomic mass is 32.3. The minimum Gasteiger partial charge on any atom is -0.726 e. The van der Waals surface area contributed by atoms with Gasteiger partial charge in [-0.2, -0.15) is 0 Å². The number of allylic oxidation sites excluding steroid dienone is 1. The first-order valence-electron chi connectivity index (χ1n) is 18.0. The van der Waals surface area contributed by atoms with Crippen molar-refractivity contribution < 1.29 is 17.2 Å². The van der Waals surface area contributed by atoms with Crippen LogP contribution < -0.4 is 0 Å². The van der Waals surface area contributed by atoms with Gasteiger partial charge in [-0.3, -0.25) is 4.18 Å². The first-order chi connectivity index (χ1) is 24.6. The first-order valence-corrected chi connectivity index (χ1v) is 19.3. The maximum Gasteiger partial charge on any atom is 0.218 e. The molecule has 0 N–H and O–H groups in total. The number of hydrogen-bond donors (Lipinski definition) is 0. The smallest absolute Gasteiger partial charge is 0.218 e. The summed E-state index contributed by atoms with van der Waals surface area (Å²) in [5.74, 6) is 0.886. The van der Waals surface area contributed by atoms with Crippen molar-refractivity contribution in [3.63, 3.8) is 0 Å². The summed E-state index contributed by atoms with van der Waals surface area (Å²) in [4.78, 5) is 0. The van der Waals surface area contributed by atoms with Crippen LogP contribution in [0, 0.1) is 13.8 Å². The molecule has 0 spiro atoms. The zero-order valence-corrected chi connectivity index (χ0v) is 31.0. The van der Waals surface area contributed by atoms with Crippen LogP contribution in [0.5, 0.6) is 0 Å². The van der Waals surface area contributed by atoms with Crippen LogP contribution in [0.15, 0.2) is 140 Å². The van der Waals surface area contributed by atoms with Crippen LogP contribution in [0.2, 0.25) is 0 Å².